The van der Waals surface area contributed by atoms with Gasteiger partial charge in [-0.2, -0.15) is 5.10 Å². The summed E-state index contributed by atoms with van der Waals surface area (Å²) in [6.07, 6.45) is 5.35. The van der Waals surface area contributed by atoms with Gasteiger partial charge in [0.15, 0.2) is 11.5 Å². The van der Waals surface area contributed by atoms with Gasteiger partial charge in [-0.15, -0.1) is 0 Å². The van der Waals surface area contributed by atoms with E-state index in [4.69, 9.17) is 9.47 Å². The number of hydrogen-bond acceptors (Lipinski definition) is 4. The minimum Gasteiger partial charge on any atom is -0.493 e. The maximum atomic E-state index is 12.8. The Balaban J connectivity index is 1.30. The van der Waals surface area contributed by atoms with E-state index in [0.29, 0.717) is 23.7 Å². The van der Waals surface area contributed by atoms with Crippen LogP contribution in [-0.4, -0.2) is 23.8 Å². The lowest BCUT2D eigenvalue weighted by Crippen LogP contribution is -2.19. The summed E-state index contributed by atoms with van der Waals surface area (Å²) in [6.45, 7) is 0.389. The van der Waals surface area contributed by atoms with E-state index in [1.807, 2.05) is 77.6 Å². The van der Waals surface area contributed by atoms with Crippen molar-refractivity contribution < 1.29 is 14.3 Å². The number of hydrogen-bond donors (Lipinski definition) is 1. The third kappa shape index (κ3) is 5.42. The molecular weight excluding hydrogens is 530 g/mol. The summed E-state index contributed by atoms with van der Waals surface area (Å²) in [5, 5.41) is 6.48. The van der Waals surface area contributed by atoms with E-state index < -0.39 is 0 Å². The van der Waals surface area contributed by atoms with Crippen molar-refractivity contribution in [1.29, 1.82) is 0 Å². The minimum atomic E-state index is -0.304. The molecule has 0 bridgehead atoms. The summed E-state index contributed by atoms with van der Waals surface area (Å²) in [7, 11) is 1.59. The van der Waals surface area contributed by atoms with Gasteiger partial charge in [0, 0.05) is 12.4 Å². The van der Waals surface area contributed by atoms with Crippen LogP contribution >= 0.6 is 15.9 Å². The molecule has 184 valence electrons. The van der Waals surface area contributed by atoms with Crippen molar-refractivity contribution >= 4 is 38.8 Å². The number of carbonyl (C=O) groups is 1. The van der Waals surface area contributed by atoms with Crippen LogP contribution in [0.5, 0.6) is 11.5 Å². The Hall–Kier alpha value is -4.36. The molecule has 0 saturated carbocycles. The molecule has 0 fully saturated rings. The molecule has 0 saturated heterocycles. The first-order valence-electron chi connectivity index (χ1n) is 11.7. The van der Waals surface area contributed by atoms with Gasteiger partial charge < -0.3 is 14.0 Å². The van der Waals surface area contributed by atoms with Crippen molar-refractivity contribution in [3.05, 3.63) is 125 Å². The molecular formula is C30H24BrN3O3. The molecule has 0 aliphatic heterocycles. The highest BCUT2D eigenvalue weighted by Crippen LogP contribution is 2.37. The molecule has 0 aliphatic carbocycles. The van der Waals surface area contributed by atoms with Crippen molar-refractivity contribution in [1.82, 2.24) is 9.99 Å². The summed E-state index contributed by atoms with van der Waals surface area (Å²) in [6, 6.07) is 29.3. The third-order valence-electron chi connectivity index (χ3n) is 5.91. The Morgan fingerprint density at radius 2 is 1.73 bits per heavy atom. The molecule has 5 aromatic rings. The van der Waals surface area contributed by atoms with Gasteiger partial charge in [0.25, 0.3) is 5.91 Å². The quantitative estimate of drug-likeness (QED) is 0.171. The number of aromatic nitrogens is 1. The first-order valence-corrected chi connectivity index (χ1v) is 12.5. The molecule has 37 heavy (non-hydrogen) atoms. The van der Waals surface area contributed by atoms with Crippen molar-refractivity contribution in [2.75, 3.05) is 7.11 Å². The van der Waals surface area contributed by atoms with E-state index in [1.165, 1.54) is 5.39 Å². The molecule has 1 N–H and O–H groups in total. The number of rotatable bonds is 8. The van der Waals surface area contributed by atoms with E-state index in [2.05, 4.69) is 50.7 Å². The normalized spacial score (nSPS) is 11.1. The second-order valence-corrected chi connectivity index (χ2v) is 9.12. The summed E-state index contributed by atoms with van der Waals surface area (Å²) in [5.41, 5.74) is 5.73. The topological polar surface area (TPSA) is 64.8 Å². The molecule has 0 atom stereocenters. The second-order valence-electron chi connectivity index (χ2n) is 8.27. The summed E-state index contributed by atoms with van der Waals surface area (Å²) >= 11 is 3.59. The maximum absolute atomic E-state index is 12.8. The molecule has 1 heterocycles. The van der Waals surface area contributed by atoms with Gasteiger partial charge >= 0.3 is 0 Å². The smallest absolute Gasteiger partial charge is 0.273 e. The van der Waals surface area contributed by atoms with Crippen LogP contribution in [0.15, 0.2) is 113 Å². The Bertz CT molecular complexity index is 1570. The Morgan fingerprint density at radius 1 is 0.973 bits per heavy atom. The number of nitrogens with zero attached hydrogens (tertiary/aromatic N) is 2. The number of para-hydroxylation sites is 1. The SMILES string of the molecule is COc1cc(C=NNC(=O)c2ccccc2-n2cccc2)cc(Br)c1OCc1cccc2ccccc12. The highest BCUT2D eigenvalue weighted by molar-refractivity contribution is 9.10. The van der Waals surface area contributed by atoms with Crippen LogP contribution in [0.1, 0.15) is 21.5 Å². The number of halogens is 1. The summed E-state index contributed by atoms with van der Waals surface area (Å²) < 4.78 is 14.4. The first-order chi connectivity index (χ1) is 18.1. The second kappa shape index (κ2) is 11.1. The average Bonchev–Trinajstić information content (AvgIpc) is 3.47. The van der Waals surface area contributed by atoms with Gasteiger partial charge in [-0.25, -0.2) is 5.43 Å². The Morgan fingerprint density at radius 3 is 2.57 bits per heavy atom. The number of benzene rings is 4. The average molecular weight is 554 g/mol. The fourth-order valence-corrected chi connectivity index (χ4v) is 4.71. The molecule has 5 rings (SSSR count). The maximum Gasteiger partial charge on any atom is 0.273 e. The molecule has 1 amide bonds. The molecule has 6 nitrogen and oxygen atoms in total. The monoisotopic (exact) mass is 553 g/mol. The van der Waals surface area contributed by atoms with E-state index in [-0.39, 0.29) is 5.91 Å². The lowest BCUT2D eigenvalue weighted by atomic mass is 10.1. The molecule has 1 aromatic heterocycles. The fourth-order valence-electron chi connectivity index (χ4n) is 4.13. The van der Waals surface area contributed by atoms with Crippen LogP contribution in [0, 0.1) is 0 Å². The zero-order valence-electron chi connectivity index (χ0n) is 20.1. The number of fused-ring (bicyclic) bond motifs is 1. The fraction of sp³-hybridized carbons (Fsp3) is 0.0667. The number of nitrogens with one attached hydrogen (secondary N) is 1. The van der Waals surface area contributed by atoms with Gasteiger partial charge in [-0.3, -0.25) is 4.79 Å². The van der Waals surface area contributed by atoms with Gasteiger partial charge in [0.1, 0.15) is 6.61 Å². The summed E-state index contributed by atoms with van der Waals surface area (Å²) in [5.74, 6) is 0.847. The van der Waals surface area contributed by atoms with Crippen LogP contribution in [0.3, 0.4) is 0 Å². The Kier molecular flexibility index (Phi) is 7.33. The molecule has 0 aliphatic rings. The zero-order chi connectivity index (χ0) is 25.6. The van der Waals surface area contributed by atoms with Crippen LogP contribution in [0.2, 0.25) is 0 Å². The predicted octanol–water partition coefficient (Wildman–Crippen LogP) is 6.74. The number of amides is 1. The number of ether oxygens (including phenoxy) is 2. The van der Waals surface area contributed by atoms with Crippen molar-refractivity contribution in [2.24, 2.45) is 5.10 Å². The molecule has 0 radical (unpaired) electrons. The summed E-state index contributed by atoms with van der Waals surface area (Å²) in [4.78, 5) is 12.8. The van der Waals surface area contributed by atoms with Crippen molar-refractivity contribution in [3.8, 4) is 17.2 Å². The van der Waals surface area contributed by atoms with Crippen LogP contribution in [0.25, 0.3) is 16.5 Å². The van der Waals surface area contributed by atoms with Gasteiger partial charge in [-0.05, 0) is 74.2 Å². The number of methoxy groups -OCH3 is 1. The van der Waals surface area contributed by atoms with E-state index in [0.717, 1.165) is 26.7 Å². The number of carbonyl (C=O) groups excluding carboxylic acids is 1. The van der Waals surface area contributed by atoms with Crippen LogP contribution < -0.4 is 14.9 Å². The lowest BCUT2D eigenvalue weighted by Gasteiger charge is -2.14. The van der Waals surface area contributed by atoms with E-state index >= 15 is 0 Å². The van der Waals surface area contributed by atoms with E-state index in [1.54, 1.807) is 19.4 Å². The van der Waals surface area contributed by atoms with Gasteiger partial charge in [0.2, 0.25) is 0 Å². The highest BCUT2D eigenvalue weighted by atomic mass is 79.9. The van der Waals surface area contributed by atoms with Gasteiger partial charge in [0.05, 0.1) is 29.0 Å². The standard InChI is InChI=1S/C30H24BrN3O3/c1-36-28-18-21(19-32-33-30(35)25-13-4-5-14-27(25)34-15-6-7-16-34)17-26(31)29(28)37-20-23-11-8-10-22-9-2-3-12-24(22)23/h2-19H,20H2,1H3,(H,33,35). The Labute approximate surface area is 223 Å². The number of hydrazone groups is 1. The third-order valence-corrected chi connectivity index (χ3v) is 6.50. The lowest BCUT2D eigenvalue weighted by molar-refractivity contribution is 0.0955. The largest absolute Gasteiger partial charge is 0.493 e. The molecule has 4 aromatic carbocycles. The van der Waals surface area contributed by atoms with Crippen molar-refractivity contribution in [2.45, 2.75) is 6.61 Å². The minimum absolute atomic E-state index is 0.304. The first kappa shape index (κ1) is 24.3. The van der Waals surface area contributed by atoms with E-state index in [9.17, 15) is 4.79 Å². The van der Waals surface area contributed by atoms with Crippen molar-refractivity contribution in [3.63, 3.8) is 0 Å². The van der Waals surface area contributed by atoms with Crippen LogP contribution in [0.4, 0.5) is 0 Å². The zero-order valence-corrected chi connectivity index (χ0v) is 21.7. The van der Waals surface area contributed by atoms with Crippen LogP contribution in [-0.2, 0) is 6.61 Å². The van der Waals surface area contributed by atoms with Gasteiger partial charge in [-0.1, -0.05) is 54.6 Å². The molecule has 7 heteroatoms. The highest BCUT2D eigenvalue weighted by Gasteiger charge is 2.14. The predicted molar refractivity (Wildman–Crippen MR) is 150 cm³/mol. The molecule has 0 unspecified atom stereocenters. The molecule has 0 spiro atoms.